The van der Waals surface area contributed by atoms with Crippen molar-refractivity contribution in [3.63, 3.8) is 0 Å². The van der Waals surface area contributed by atoms with Gasteiger partial charge in [0.2, 0.25) is 0 Å². The van der Waals surface area contributed by atoms with Gasteiger partial charge >= 0.3 is 6.18 Å². The van der Waals surface area contributed by atoms with Gasteiger partial charge in [0.05, 0.1) is 15.6 Å². The van der Waals surface area contributed by atoms with Crippen LogP contribution >= 0.6 is 23.2 Å². The molecule has 0 aliphatic carbocycles. The highest BCUT2D eigenvalue weighted by Crippen LogP contribution is 2.37. The Morgan fingerprint density at radius 1 is 1.20 bits per heavy atom. The molecular weight excluding hydrogens is 390 g/mol. The fraction of sp³-hybridized carbons (Fsp3) is 0.375. The van der Waals surface area contributed by atoms with E-state index in [9.17, 15) is 18.4 Å². The Labute approximate surface area is 155 Å². The maximum Gasteiger partial charge on any atom is 0.416 e. The number of hydrogen-bond acceptors (Lipinski definition) is 2. The van der Waals surface area contributed by atoms with Crippen LogP contribution in [0.25, 0.3) is 5.69 Å². The summed E-state index contributed by atoms with van der Waals surface area (Å²) in [4.78, 5) is 0. The number of alkyl halides is 3. The van der Waals surface area contributed by atoms with E-state index in [2.05, 4.69) is 24.7 Å². The lowest BCUT2D eigenvalue weighted by atomic mass is 10.2. The summed E-state index contributed by atoms with van der Waals surface area (Å²) in [7, 11) is -1.32. The third-order valence-corrected chi connectivity index (χ3v) is 5.94. The van der Waals surface area contributed by atoms with Crippen LogP contribution in [0.4, 0.5) is 13.2 Å². The third-order valence-electron chi connectivity index (χ3n) is 3.61. The van der Waals surface area contributed by atoms with Crippen molar-refractivity contribution in [2.45, 2.75) is 38.3 Å². The smallest absolute Gasteiger partial charge is 0.236 e. The standard InChI is InChI=1S/C16H16Cl2F3N3Si/c1-25(2,3)5-4-10-9-24(23-14(10)8-22)15-12(17)6-11(7-13(15)18)16(19,20)21/h6-7,9H,4-5H2,1-3H3. The average molecular weight is 406 g/mol. The Hall–Kier alpha value is -1.49. The first kappa shape index (κ1) is 19.8. The predicted molar refractivity (Wildman–Crippen MR) is 95.2 cm³/mol. The minimum Gasteiger partial charge on any atom is -0.236 e. The number of aryl methyl sites for hydroxylation is 1. The molecule has 9 heteroatoms. The van der Waals surface area contributed by atoms with Crippen molar-refractivity contribution in [2.75, 3.05) is 0 Å². The molecule has 2 aromatic rings. The van der Waals surface area contributed by atoms with Gasteiger partial charge in [-0.3, -0.25) is 0 Å². The van der Waals surface area contributed by atoms with Crippen molar-refractivity contribution in [2.24, 2.45) is 0 Å². The number of nitrogens with zero attached hydrogens (tertiary/aromatic N) is 3. The summed E-state index contributed by atoms with van der Waals surface area (Å²) in [5.74, 6) is 0. The molecule has 0 atom stereocenters. The number of aromatic nitrogens is 2. The van der Waals surface area contributed by atoms with Crippen LogP contribution in [-0.4, -0.2) is 17.9 Å². The van der Waals surface area contributed by atoms with E-state index >= 15 is 0 Å². The molecule has 0 amide bonds. The van der Waals surface area contributed by atoms with Gasteiger partial charge < -0.3 is 0 Å². The van der Waals surface area contributed by atoms with E-state index in [1.165, 1.54) is 4.68 Å². The lowest BCUT2D eigenvalue weighted by Gasteiger charge is -2.14. The highest BCUT2D eigenvalue weighted by molar-refractivity contribution is 6.76. The van der Waals surface area contributed by atoms with Gasteiger partial charge in [0.15, 0.2) is 5.69 Å². The summed E-state index contributed by atoms with van der Waals surface area (Å²) < 4.78 is 39.8. The Morgan fingerprint density at radius 3 is 2.20 bits per heavy atom. The van der Waals surface area contributed by atoms with Gasteiger partial charge in [-0.25, -0.2) is 4.68 Å². The van der Waals surface area contributed by atoms with Crippen LogP contribution in [0, 0.1) is 11.3 Å². The Bertz CT molecular complexity index is 810. The zero-order valence-corrected chi connectivity index (χ0v) is 16.4. The van der Waals surface area contributed by atoms with Gasteiger partial charge in [0.1, 0.15) is 11.8 Å². The van der Waals surface area contributed by atoms with Gasteiger partial charge in [-0.2, -0.15) is 23.5 Å². The summed E-state index contributed by atoms with van der Waals surface area (Å²) in [5, 5.41) is 13.0. The molecule has 1 heterocycles. The maximum absolute atomic E-state index is 12.8. The SMILES string of the molecule is C[Si](C)(C)CCc1cn(-c2c(Cl)cc(C(F)(F)F)cc2Cl)nc1C#N. The number of nitriles is 1. The van der Waals surface area contributed by atoms with Crippen molar-refractivity contribution < 1.29 is 13.2 Å². The van der Waals surface area contributed by atoms with E-state index in [0.717, 1.165) is 23.7 Å². The van der Waals surface area contributed by atoms with Gasteiger partial charge in [-0.15, -0.1) is 0 Å². The summed E-state index contributed by atoms with van der Waals surface area (Å²) in [5.41, 5.74) is 0.159. The third kappa shape index (κ3) is 4.78. The van der Waals surface area contributed by atoms with Gasteiger partial charge in [-0.1, -0.05) is 48.9 Å². The molecule has 0 spiro atoms. The molecule has 25 heavy (non-hydrogen) atoms. The fourth-order valence-corrected chi connectivity index (χ4v) is 3.94. The Balaban J connectivity index is 2.46. The minimum absolute atomic E-state index is 0.132. The number of rotatable bonds is 4. The predicted octanol–water partition coefficient (Wildman–Crippen LogP) is 5.95. The molecule has 0 N–H and O–H groups in total. The van der Waals surface area contributed by atoms with Gasteiger partial charge in [-0.05, 0) is 18.6 Å². The molecule has 0 radical (unpaired) electrons. The first-order valence-corrected chi connectivity index (χ1v) is 11.9. The molecule has 0 saturated heterocycles. The largest absolute Gasteiger partial charge is 0.416 e. The van der Waals surface area contributed by atoms with E-state index in [-0.39, 0.29) is 21.4 Å². The highest BCUT2D eigenvalue weighted by atomic mass is 35.5. The second-order valence-electron chi connectivity index (χ2n) is 6.91. The molecule has 0 saturated carbocycles. The molecule has 2 rings (SSSR count). The topological polar surface area (TPSA) is 41.6 Å². The first-order valence-electron chi connectivity index (χ1n) is 7.47. The second kappa shape index (κ2) is 7.02. The zero-order valence-electron chi connectivity index (χ0n) is 13.9. The van der Waals surface area contributed by atoms with Crippen molar-refractivity contribution >= 4 is 31.3 Å². The zero-order chi connectivity index (χ0) is 19.0. The van der Waals surface area contributed by atoms with Gasteiger partial charge in [0, 0.05) is 19.8 Å². The van der Waals surface area contributed by atoms with Crippen molar-refractivity contribution in [1.29, 1.82) is 5.26 Å². The lowest BCUT2D eigenvalue weighted by molar-refractivity contribution is -0.137. The van der Waals surface area contributed by atoms with E-state index in [1.54, 1.807) is 6.20 Å². The van der Waals surface area contributed by atoms with Crippen molar-refractivity contribution in [3.8, 4) is 11.8 Å². The monoisotopic (exact) mass is 405 g/mol. The minimum atomic E-state index is -4.55. The quantitative estimate of drug-likeness (QED) is 0.589. The van der Waals surface area contributed by atoms with E-state index in [4.69, 9.17) is 23.2 Å². The van der Waals surface area contributed by atoms with E-state index in [0.29, 0.717) is 6.42 Å². The molecule has 0 unspecified atom stereocenters. The summed E-state index contributed by atoms with van der Waals surface area (Å²) in [6, 6.07) is 4.58. The normalized spacial score (nSPS) is 12.3. The first-order chi connectivity index (χ1) is 11.4. The van der Waals surface area contributed by atoms with Crippen LogP contribution in [0.2, 0.25) is 35.7 Å². The van der Waals surface area contributed by atoms with Crippen LogP contribution in [0.5, 0.6) is 0 Å². The maximum atomic E-state index is 12.8. The van der Waals surface area contributed by atoms with Gasteiger partial charge in [0.25, 0.3) is 0 Å². The fourth-order valence-electron chi connectivity index (χ4n) is 2.26. The summed E-state index contributed by atoms with van der Waals surface area (Å²) in [6.07, 6.45) is -2.26. The number of hydrogen-bond donors (Lipinski definition) is 0. The average Bonchev–Trinajstić information content (AvgIpc) is 2.85. The number of halogens is 5. The number of benzene rings is 1. The Morgan fingerprint density at radius 2 is 1.76 bits per heavy atom. The molecule has 1 aromatic carbocycles. The van der Waals surface area contributed by atoms with Crippen LogP contribution < -0.4 is 0 Å². The van der Waals surface area contributed by atoms with Crippen LogP contribution in [0.15, 0.2) is 18.3 Å². The second-order valence-corrected chi connectivity index (χ2v) is 13.3. The summed E-state index contributed by atoms with van der Waals surface area (Å²) in [6.45, 7) is 6.65. The molecule has 0 fully saturated rings. The molecule has 3 nitrogen and oxygen atoms in total. The lowest BCUT2D eigenvalue weighted by Crippen LogP contribution is -2.19. The van der Waals surface area contributed by atoms with Crippen molar-refractivity contribution in [3.05, 3.63) is 45.2 Å². The van der Waals surface area contributed by atoms with E-state index in [1.807, 2.05) is 6.07 Å². The molecule has 0 aliphatic rings. The molecule has 0 bridgehead atoms. The van der Waals surface area contributed by atoms with Crippen molar-refractivity contribution in [1.82, 2.24) is 9.78 Å². The highest BCUT2D eigenvalue weighted by Gasteiger charge is 2.32. The molecule has 0 aliphatic heterocycles. The molecule has 1 aromatic heterocycles. The van der Waals surface area contributed by atoms with E-state index < -0.39 is 19.8 Å². The molecular formula is C16H16Cl2F3N3Si. The summed E-state index contributed by atoms with van der Waals surface area (Å²) >= 11 is 12.0. The van der Waals surface area contributed by atoms with Crippen LogP contribution in [0.1, 0.15) is 16.8 Å². The van der Waals surface area contributed by atoms with Crippen LogP contribution in [-0.2, 0) is 12.6 Å². The van der Waals surface area contributed by atoms with Crippen LogP contribution in [0.3, 0.4) is 0 Å². The Kier molecular flexibility index (Phi) is 5.57. The molecule has 134 valence electrons.